The number of ether oxygens (including phenoxy) is 1. The van der Waals surface area contributed by atoms with Gasteiger partial charge in [0.15, 0.2) is 0 Å². The zero-order valence-electron chi connectivity index (χ0n) is 25.8. The zero-order valence-corrected chi connectivity index (χ0v) is 27.4. The molecular formula is C35H45ClN2O5S. The topological polar surface area (TPSA) is 95.9 Å². The highest BCUT2D eigenvalue weighted by atomic mass is 35.5. The highest BCUT2D eigenvalue weighted by Crippen LogP contribution is 2.46. The summed E-state index contributed by atoms with van der Waals surface area (Å²) in [7, 11) is -3.95. The lowest BCUT2D eigenvalue weighted by Crippen LogP contribution is -2.50. The van der Waals surface area contributed by atoms with E-state index in [1.165, 1.54) is 5.56 Å². The first-order chi connectivity index (χ1) is 21.0. The van der Waals surface area contributed by atoms with Gasteiger partial charge in [0.2, 0.25) is 10.0 Å². The number of carbonyl (C=O) groups excluding carboxylic acids is 1. The second-order valence-electron chi connectivity index (χ2n) is 12.8. The van der Waals surface area contributed by atoms with Crippen LogP contribution in [-0.2, 0) is 23.1 Å². The summed E-state index contributed by atoms with van der Waals surface area (Å²) in [6.45, 7) is 9.14. The molecule has 7 nitrogen and oxygen atoms in total. The van der Waals surface area contributed by atoms with E-state index in [0.717, 1.165) is 49.9 Å². The van der Waals surface area contributed by atoms with Gasteiger partial charge in [-0.1, -0.05) is 42.8 Å². The number of anilines is 1. The minimum Gasteiger partial charge on any atom is -0.487 e. The fraction of sp³-hybridized carbons (Fsp3) is 0.514. The van der Waals surface area contributed by atoms with E-state index in [-0.39, 0.29) is 23.3 Å². The molecule has 1 aliphatic carbocycles. The lowest BCUT2D eigenvalue weighted by molar-refractivity contribution is -0.0498. The Morgan fingerprint density at radius 3 is 2.73 bits per heavy atom. The number of halogens is 1. The van der Waals surface area contributed by atoms with Gasteiger partial charge in [-0.05, 0) is 118 Å². The van der Waals surface area contributed by atoms with Gasteiger partial charge in [0, 0.05) is 23.7 Å². The van der Waals surface area contributed by atoms with Crippen LogP contribution in [0, 0.1) is 17.8 Å². The van der Waals surface area contributed by atoms with E-state index in [1.807, 2.05) is 43.4 Å². The summed E-state index contributed by atoms with van der Waals surface area (Å²) in [6.07, 6.45) is 12.0. The van der Waals surface area contributed by atoms with Gasteiger partial charge in [0.05, 0.1) is 16.5 Å². The molecule has 2 N–H and O–H groups in total. The van der Waals surface area contributed by atoms with E-state index >= 15 is 0 Å². The highest BCUT2D eigenvalue weighted by molar-refractivity contribution is 7.90. The van der Waals surface area contributed by atoms with E-state index in [2.05, 4.69) is 16.2 Å². The quantitative estimate of drug-likeness (QED) is 0.357. The molecule has 2 aromatic carbocycles. The van der Waals surface area contributed by atoms with Gasteiger partial charge in [-0.2, -0.15) is 0 Å². The normalized spacial score (nSPS) is 29.8. The number of sulfonamides is 1. The molecule has 2 bridgehead atoms. The number of nitrogens with zero attached hydrogens (tertiary/aromatic N) is 1. The molecule has 0 unspecified atom stereocenters. The summed E-state index contributed by atoms with van der Waals surface area (Å²) in [4.78, 5) is 15.7. The van der Waals surface area contributed by atoms with Crippen LogP contribution in [0.15, 0.2) is 61.2 Å². The van der Waals surface area contributed by atoms with Crippen molar-refractivity contribution < 1.29 is 23.1 Å². The average molecular weight is 641 g/mol. The lowest BCUT2D eigenvalue weighted by Gasteiger charge is -2.48. The van der Waals surface area contributed by atoms with Crippen molar-refractivity contribution >= 4 is 33.2 Å². The van der Waals surface area contributed by atoms with Gasteiger partial charge in [-0.3, -0.25) is 4.79 Å². The standard InChI is InChI=1S/C35H45ClN2O5S/c1-4-5-17-35(40)18-8-9-24(2)25(3)44(41,42)37-34(39)27-13-16-33-32(21-27)38(22-28-12-15-31(28)35)19-7-6-10-26-20-30(36)14-11-29(26)23-43-33/h4,8,11,13-14,16,18,20-21,24-25,28,31,40H,1,5-7,9-10,12,15,17,19,22-23H2,2-3H3,(H,37,39)/b18-8+/t24-,25+,28-,31+,35-/m0/s1. The van der Waals surface area contributed by atoms with Crippen LogP contribution >= 0.6 is 11.6 Å². The number of fused-ring (bicyclic) bond motifs is 3. The number of aryl methyl sites for hydroxylation is 1. The molecule has 238 valence electrons. The van der Waals surface area contributed by atoms with Crippen LogP contribution in [0.3, 0.4) is 0 Å². The van der Waals surface area contributed by atoms with E-state index < -0.39 is 26.8 Å². The fourth-order valence-corrected chi connectivity index (χ4v) is 8.28. The van der Waals surface area contributed by atoms with Gasteiger partial charge in [-0.15, -0.1) is 6.58 Å². The molecule has 9 heteroatoms. The van der Waals surface area contributed by atoms with Crippen LogP contribution in [0.1, 0.15) is 80.3 Å². The predicted octanol–water partition coefficient (Wildman–Crippen LogP) is 6.83. The number of benzene rings is 2. The number of allylic oxidation sites excluding steroid dienone is 2. The van der Waals surface area contributed by atoms with Crippen molar-refractivity contribution in [3.05, 3.63) is 82.9 Å². The third-order valence-corrected chi connectivity index (χ3v) is 12.1. The molecule has 2 heterocycles. The number of aliphatic hydroxyl groups is 1. The highest BCUT2D eigenvalue weighted by Gasteiger charge is 2.45. The van der Waals surface area contributed by atoms with Crippen LogP contribution in [0.5, 0.6) is 5.75 Å². The first-order valence-corrected chi connectivity index (χ1v) is 17.8. The first kappa shape index (κ1) is 32.6. The molecule has 0 aromatic heterocycles. The van der Waals surface area contributed by atoms with Gasteiger partial charge in [0.25, 0.3) is 5.91 Å². The molecule has 1 saturated carbocycles. The summed E-state index contributed by atoms with van der Waals surface area (Å²) >= 11 is 6.33. The number of hydrogen-bond acceptors (Lipinski definition) is 6. The number of rotatable bonds is 3. The summed E-state index contributed by atoms with van der Waals surface area (Å²) in [5.74, 6) is 0.0190. The van der Waals surface area contributed by atoms with Crippen molar-refractivity contribution in [2.45, 2.75) is 82.7 Å². The summed E-state index contributed by atoms with van der Waals surface area (Å²) in [5, 5.41) is 11.9. The zero-order chi connectivity index (χ0) is 31.5. The minimum atomic E-state index is -3.95. The van der Waals surface area contributed by atoms with Crippen LogP contribution in [-0.4, -0.2) is 43.4 Å². The van der Waals surface area contributed by atoms with Crippen molar-refractivity contribution in [2.24, 2.45) is 17.8 Å². The summed E-state index contributed by atoms with van der Waals surface area (Å²) < 4.78 is 35.3. The average Bonchev–Trinajstić information content (AvgIpc) is 3.00. The number of nitrogens with one attached hydrogen (secondary N) is 1. The third kappa shape index (κ3) is 7.19. The monoisotopic (exact) mass is 640 g/mol. The maximum Gasteiger partial charge on any atom is 0.264 e. The molecule has 1 fully saturated rings. The Kier molecular flexibility index (Phi) is 10.1. The van der Waals surface area contributed by atoms with E-state index in [1.54, 1.807) is 25.1 Å². The third-order valence-electron chi connectivity index (χ3n) is 9.94. The minimum absolute atomic E-state index is 0.0588. The van der Waals surface area contributed by atoms with Crippen molar-refractivity contribution in [1.82, 2.24) is 4.72 Å². The van der Waals surface area contributed by atoms with Crippen molar-refractivity contribution in [2.75, 3.05) is 18.0 Å². The number of hydrogen-bond donors (Lipinski definition) is 2. The molecule has 0 radical (unpaired) electrons. The Labute approximate surface area is 267 Å². The smallest absolute Gasteiger partial charge is 0.264 e. The first-order valence-electron chi connectivity index (χ1n) is 15.9. The van der Waals surface area contributed by atoms with Gasteiger partial charge in [-0.25, -0.2) is 13.1 Å². The van der Waals surface area contributed by atoms with Crippen molar-refractivity contribution in [1.29, 1.82) is 0 Å². The van der Waals surface area contributed by atoms with Crippen LogP contribution < -0.4 is 14.4 Å². The molecular weight excluding hydrogens is 596 g/mol. The Bertz CT molecular complexity index is 1510. The Morgan fingerprint density at radius 2 is 1.98 bits per heavy atom. The second kappa shape index (κ2) is 13.7. The molecule has 0 spiro atoms. The molecule has 2 aliphatic heterocycles. The fourth-order valence-electron chi connectivity index (χ4n) is 6.80. The molecule has 5 atom stereocenters. The maximum absolute atomic E-state index is 13.4. The van der Waals surface area contributed by atoms with Crippen molar-refractivity contribution in [3.63, 3.8) is 0 Å². The van der Waals surface area contributed by atoms with Gasteiger partial charge < -0.3 is 14.7 Å². The Hall–Kier alpha value is -2.81. The molecule has 3 aliphatic rings. The maximum atomic E-state index is 13.4. The molecule has 2 aromatic rings. The molecule has 5 rings (SSSR count). The Balaban J connectivity index is 1.57. The lowest BCUT2D eigenvalue weighted by atomic mass is 9.63. The van der Waals surface area contributed by atoms with Crippen molar-refractivity contribution in [3.8, 4) is 5.75 Å². The summed E-state index contributed by atoms with van der Waals surface area (Å²) in [6, 6.07) is 11.1. The Morgan fingerprint density at radius 1 is 1.16 bits per heavy atom. The SMILES string of the molecule is C=CCC[C@]1(O)/C=C/C[C@H](C)[C@@H](C)S(=O)(=O)NC(=O)c2ccc3c(c2)N(CCCCc2cc(Cl)ccc2CO3)C[C@@H]2CC[C@H]21. The summed E-state index contributed by atoms with van der Waals surface area (Å²) in [5.41, 5.74) is 2.25. The predicted molar refractivity (Wildman–Crippen MR) is 177 cm³/mol. The van der Waals surface area contributed by atoms with Gasteiger partial charge in [0.1, 0.15) is 12.4 Å². The van der Waals surface area contributed by atoms with Crippen LogP contribution in [0.4, 0.5) is 5.69 Å². The van der Waals surface area contributed by atoms with Crippen LogP contribution in [0.2, 0.25) is 5.02 Å². The second-order valence-corrected chi connectivity index (χ2v) is 15.3. The number of carbonyl (C=O) groups is 1. The molecule has 0 saturated heterocycles. The van der Waals surface area contributed by atoms with Gasteiger partial charge >= 0.3 is 0 Å². The van der Waals surface area contributed by atoms with E-state index in [4.69, 9.17) is 16.3 Å². The number of amides is 1. The van der Waals surface area contributed by atoms with E-state index in [9.17, 15) is 18.3 Å². The molecule has 1 amide bonds. The van der Waals surface area contributed by atoms with Crippen LogP contribution in [0.25, 0.3) is 0 Å². The van der Waals surface area contributed by atoms with E-state index in [0.29, 0.717) is 43.2 Å². The largest absolute Gasteiger partial charge is 0.487 e. The molecule has 44 heavy (non-hydrogen) atoms.